The molecule has 0 bridgehead atoms. The predicted octanol–water partition coefficient (Wildman–Crippen LogP) is 4.99. The molecule has 4 rings (SSSR count). The van der Waals surface area contributed by atoms with Crippen molar-refractivity contribution >= 4 is 29.2 Å². The van der Waals surface area contributed by atoms with Crippen LogP contribution in [0.15, 0.2) is 30.5 Å². The molecule has 0 amide bonds. The summed E-state index contributed by atoms with van der Waals surface area (Å²) in [6.07, 6.45) is 9.52. The Kier molecular flexibility index (Phi) is 13.6. The number of nitrogen functional groups attached to an aromatic ring is 1. The van der Waals surface area contributed by atoms with Crippen LogP contribution in [0, 0.1) is 16.7 Å². The molecule has 4 N–H and O–H groups in total. The number of nitrogens with two attached hydrogens (primary N) is 1. The molecule has 10 nitrogen and oxygen atoms in total. The molecule has 2 aromatic rings. The summed E-state index contributed by atoms with van der Waals surface area (Å²) in [7, 11) is 0. The van der Waals surface area contributed by atoms with Crippen molar-refractivity contribution < 1.29 is 19.0 Å². The van der Waals surface area contributed by atoms with E-state index in [9.17, 15) is 10.1 Å². The number of esters is 1. The van der Waals surface area contributed by atoms with Gasteiger partial charge in [0.2, 0.25) is 0 Å². The molecule has 2 aliphatic rings. The maximum absolute atomic E-state index is 11.0. The third-order valence-electron chi connectivity index (χ3n) is 7.21. The summed E-state index contributed by atoms with van der Waals surface area (Å²) in [6, 6.07) is 10.7. The molecule has 1 unspecified atom stereocenters. The highest BCUT2D eigenvalue weighted by Crippen LogP contribution is 2.31. The van der Waals surface area contributed by atoms with E-state index in [1.165, 1.54) is 38.3 Å². The number of nitriles is 1. The summed E-state index contributed by atoms with van der Waals surface area (Å²) in [4.78, 5) is 19.6. The molecule has 41 heavy (non-hydrogen) atoms. The number of nitrogens with zero attached hydrogens (tertiary/aromatic N) is 3. The van der Waals surface area contributed by atoms with Crippen LogP contribution in [0.4, 0.5) is 11.6 Å². The van der Waals surface area contributed by atoms with Crippen LogP contribution < -0.4 is 16.4 Å². The summed E-state index contributed by atoms with van der Waals surface area (Å²) in [5, 5.41) is 16.8. The summed E-state index contributed by atoms with van der Waals surface area (Å²) in [5.74, 6) is 0.803. The maximum atomic E-state index is 11.0. The molecule has 224 valence electrons. The summed E-state index contributed by atoms with van der Waals surface area (Å²) >= 11 is 6.19. The summed E-state index contributed by atoms with van der Waals surface area (Å²) < 4.78 is 15.5. The topological polar surface area (TPSA) is 144 Å². The Labute approximate surface area is 248 Å². The highest BCUT2D eigenvalue weighted by molar-refractivity contribution is 6.33. The van der Waals surface area contributed by atoms with Gasteiger partial charge in [0.1, 0.15) is 18.2 Å². The number of aromatic nitrogens is 2. The Hall–Kier alpha value is -2.97. The van der Waals surface area contributed by atoms with Gasteiger partial charge < -0.3 is 30.6 Å². The maximum Gasteiger partial charge on any atom is 0.332 e. The van der Waals surface area contributed by atoms with E-state index in [0.29, 0.717) is 67.4 Å². The lowest BCUT2D eigenvalue weighted by molar-refractivity contribution is -0.148. The molecular formula is C30H43ClN6O4. The molecule has 0 radical (unpaired) electrons. The fourth-order valence-corrected chi connectivity index (χ4v) is 5.13. The van der Waals surface area contributed by atoms with Crippen LogP contribution in [0.3, 0.4) is 0 Å². The normalized spacial score (nSPS) is 17.4. The van der Waals surface area contributed by atoms with Gasteiger partial charge in [-0.25, -0.2) is 14.8 Å². The summed E-state index contributed by atoms with van der Waals surface area (Å²) in [6.45, 7) is 6.71. The van der Waals surface area contributed by atoms with Crippen LogP contribution in [0.5, 0.6) is 0 Å². The van der Waals surface area contributed by atoms with Crippen molar-refractivity contribution in [1.82, 2.24) is 15.3 Å². The number of pyridine rings is 2. The molecule has 1 atom stereocenters. The minimum atomic E-state index is -0.408. The number of hydrogen-bond donors (Lipinski definition) is 3. The van der Waals surface area contributed by atoms with Gasteiger partial charge >= 0.3 is 5.97 Å². The van der Waals surface area contributed by atoms with Crippen molar-refractivity contribution in [3.8, 4) is 17.3 Å². The Balaban J connectivity index is 0.000000241. The molecule has 1 saturated carbocycles. The van der Waals surface area contributed by atoms with Crippen molar-refractivity contribution in [1.29, 1.82) is 5.26 Å². The molecule has 3 heterocycles. The van der Waals surface area contributed by atoms with Gasteiger partial charge in [-0.15, -0.1) is 0 Å². The smallest absolute Gasteiger partial charge is 0.332 e. The van der Waals surface area contributed by atoms with Crippen molar-refractivity contribution in [2.24, 2.45) is 5.41 Å². The molecule has 0 aromatic carbocycles. The molecule has 1 aliphatic heterocycles. The van der Waals surface area contributed by atoms with Crippen LogP contribution in [-0.4, -0.2) is 67.6 Å². The quantitative estimate of drug-likeness (QED) is 0.308. The lowest BCUT2D eigenvalue weighted by atomic mass is 9.82. The van der Waals surface area contributed by atoms with Crippen molar-refractivity contribution in [3.05, 3.63) is 35.5 Å². The Morgan fingerprint density at radius 1 is 1.29 bits per heavy atom. The number of hydrogen-bond acceptors (Lipinski definition) is 10. The molecule has 11 heteroatoms. The first kappa shape index (κ1) is 32.5. The standard InChI is InChI=1S/C17H18ClN5O.C13H25NO3/c18-13-9-21-15(20)8-12(13)14-2-1-3-16(23-14)22-11-17(10-19)4-6-24-7-5-17;1-3-17-13(15)10-16-9-11(2)14-12-7-5-4-6-8-12/h1-3,8-9H,4-7,11H2,(H2,20,21)(H,22,23);11-12,14H,3-10H2,1-2H3. The number of nitrogens with one attached hydrogen (secondary N) is 2. The average molecular weight is 587 g/mol. The van der Waals surface area contributed by atoms with Crippen molar-refractivity contribution in [2.45, 2.75) is 70.9 Å². The molecule has 2 fully saturated rings. The number of carbonyl (C=O) groups excluding carboxylic acids is 1. The third-order valence-corrected chi connectivity index (χ3v) is 7.52. The minimum absolute atomic E-state index is 0.0600. The van der Waals surface area contributed by atoms with Gasteiger partial charge in [-0.2, -0.15) is 5.26 Å². The second-order valence-electron chi connectivity index (χ2n) is 10.6. The Bertz CT molecular complexity index is 1130. The highest BCUT2D eigenvalue weighted by atomic mass is 35.5. The lowest BCUT2D eigenvalue weighted by Gasteiger charge is -2.30. The largest absolute Gasteiger partial charge is 0.464 e. The van der Waals surface area contributed by atoms with Crippen LogP contribution in [0.1, 0.15) is 58.8 Å². The van der Waals surface area contributed by atoms with Gasteiger partial charge in [-0.05, 0) is 57.7 Å². The second-order valence-corrected chi connectivity index (χ2v) is 11.0. The van der Waals surface area contributed by atoms with Gasteiger partial charge in [0.15, 0.2) is 0 Å². The predicted molar refractivity (Wildman–Crippen MR) is 160 cm³/mol. The van der Waals surface area contributed by atoms with Gasteiger partial charge in [0, 0.05) is 43.6 Å². The SMILES string of the molecule is CCOC(=O)COCC(C)NC1CCCCC1.N#CC1(CNc2cccc(-c3cc(N)ncc3Cl)n2)CCOCC1. The molecule has 1 aliphatic carbocycles. The van der Waals surface area contributed by atoms with E-state index in [2.05, 4.69) is 33.6 Å². The van der Waals surface area contributed by atoms with E-state index < -0.39 is 5.41 Å². The van der Waals surface area contributed by atoms with Gasteiger partial charge in [0.25, 0.3) is 0 Å². The van der Waals surface area contributed by atoms with E-state index in [0.717, 1.165) is 18.4 Å². The monoisotopic (exact) mass is 586 g/mol. The van der Waals surface area contributed by atoms with Crippen LogP contribution in [-0.2, 0) is 19.0 Å². The zero-order chi connectivity index (χ0) is 29.5. The second kappa shape index (κ2) is 17.1. The third kappa shape index (κ3) is 11.1. The number of carbonyl (C=O) groups is 1. The molecule has 1 saturated heterocycles. The van der Waals surface area contributed by atoms with Crippen molar-refractivity contribution in [3.63, 3.8) is 0 Å². The van der Waals surface area contributed by atoms with Gasteiger partial charge in [0.05, 0.1) is 35.4 Å². The Morgan fingerprint density at radius 2 is 2.05 bits per heavy atom. The first-order valence-corrected chi connectivity index (χ1v) is 14.8. The number of anilines is 2. The van der Waals surface area contributed by atoms with Gasteiger partial charge in [-0.3, -0.25) is 0 Å². The number of ether oxygens (including phenoxy) is 3. The highest BCUT2D eigenvalue weighted by Gasteiger charge is 2.32. The zero-order valence-electron chi connectivity index (χ0n) is 24.2. The number of rotatable bonds is 11. The minimum Gasteiger partial charge on any atom is -0.464 e. The first-order chi connectivity index (χ1) is 19.8. The van der Waals surface area contributed by atoms with Crippen LogP contribution >= 0.6 is 11.6 Å². The fourth-order valence-electron chi connectivity index (χ4n) is 4.93. The fraction of sp³-hybridized carbons (Fsp3) is 0.600. The van der Waals surface area contributed by atoms with E-state index in [4.69, 9.17) is 31.5 Å². The van der Waals surface area contributed by atoms with E-state index >= 15 is 0 Å². The van der Waals surface area contributed by atoms with Crippen molar-refractivity contribution in [2.75, 3.05) is 50.6 Å². The van der Waals surface area contributed by atoms with Crippen LogP contribution in [0.25, 0.3) is 11.3 Å². The average Bonchev–Trinajstić information content (AvgIpc) is 2.99. The number of halogens is 1. The molecule has 0 spiro atoms. The van der Waals surface area contributed by atoms with E-state index in [1.807, 2.05) is 18.2 Å². The Morgan fingerprint density at radius 3 is 2.76 bits per heavy atom. The molecule has 2 aromatic heterocycles. The van der Waals surface area contributed by atoms with Crippen LogP contribution in [0.2, 0.25) is 5.02 Å². The van der Waals surface area contributed by atoms with Gasteiger partial charge in [-0.1, -0.05) is 36.9 Å². The first-order valence-electron chi connectivity index (χ1n) is 14.4. The zero-order valence-corrected chi connectivity index (χ0v) is 24.9. The van der Waals surface area contributed by atoms with E-state index in [1.54, 1.807) is 13.0 Å². The lowest BCUT2D eigenvalue weighted by Crippen LogP contribution is -2.40. The van der Waals surface area contributed by atoms with E-state index in [-0.39, 0.29) is 12.6 Å². The summed E-state index contributed by atoms with van der Waals surface area (Å²) in [5.41, 5.74) is 6.76. The molecular weight excluding hydrogens is 544 g/mol.